The van der Waals surface area contributed by atoms with E-state index in [9.17, 15) is 4.79 Å². The van der Waals surface area contributed by atoms with Crippen LogP contribution in [-0.4, -0.2) is 29.7 Å². The number of carbonyl (C=O) groups excluding carboxylic acids is 1. The predicted octanol–water partition coefficient (Wildman–Crippen LogP) is 0.195. The van der Waals surface area contributed by atoms with Crippen LogP contribution in [0.2, 0.25) is 0 Å². The zero-order valence-corrected chi connectivity index (χ0v) is 5.92. The van der Waals surface area contributed by atoms with Crippen LogP contribution in [0.5, 0.6) is 0 Å². The zero-order chi connectivity index (χ0) is 7.28. The highest BCUT2D eigenvalue weighted by Crippen LogP contribution is 1.91. The van der Waals surface area contributed by atoms with Gasteiger partial charge in [0.15, 0.2) is 0 Å². The minimum absolute atomic E-state index is 0.000000000000000444. The van der Waals surface area contributed by atoms with Gasteiger partial charge in [0.25, 0.3) is 0 Å². The number of rotatable bonds is 3. The van der Waals surface area contributed by atoms with Crippen LogP contribution in [-0.2, 0) is 4.79 Å². The molecule has 0 aliphatic rings. The van der Waals surface area contributed by atoms with Gasteiger partial charge in [-0.15, -0.1) is 0 Å². The third-order valence-corrected chi connectivity index (χ3v) is 1.10. The number of aliphatic hydroxyl groups excluding tert-OH is 1. The van der Waals surface area contributed by atoms with Gasteiger partial charge in [0.2, 0.25) is 5.91 Å². The van der Waals surface area contributed by atoms with E-state index in [-0.39, 0.29) is 12.6 Å². The summed E-state index contributed by atoms with van der Waals surface area (Å²) >= 11 is 0. The summed E-state index contributed by atoms with van der Waals surface area (Å²) in [6.07, 6.45) is 1.36. The third kappa shape index (κ3) is 3.08. The van der Waals surface area contributed by atoms with Gasteiger partial charge < -0.3 is 10.0 Å². The van der Waals surface area contributed by atoms with Gasteiger partial charge in [0.05, 0.1) is 0 Å². The van der Waals surface area contributed by atoms with Crippen molar-refractivity contribution in [3.63, 3.8) is 0 Å². The van der Waals surface area contributed by atoms with Gasteiger partial charge >= 0.3 is 0 Å². The van der Waals surface area contributed by atoms with Crippen molar-refractivity contribution >= 4 is 5.91 Å². The van der Waals surface area contributed by atoms with E-state index < -0.39 is 0 Å². The molecule has 0 aromatic rings. The van der Waals surface area contributed by atoms with Gasteiger partial charge in [-0.05, 0) is 6.42 Å². The summed E-state index contributed by atoms with van der Waals surface area (Å²) in [6, 6.07) is 0. The molecular weight excluding hydrogens is 118 g/mol. The second-order valence-corrected chi connectivity index (χ2v) is 1.98. The molecule has 0 aliphatic carbocycles. The van der Waals surface area contributed by atoms with Crippen LogP contribution in [0, 0.1) is 0 Å². The number of nitrogens with zero attached hydrogens (tertiary/aromatic N) is 1. The van der Waals surface area contributed by atoms with E-state index in [4.69, 9.17) is 5.11 Å². The molecule has 0 aromatic carbocycles. The Morgan fingerprint density at radius 3 is 2.56 bits per heavy atom. The lowest BCUT2D eigenvalue weighted by Gasteiger charge is -2.11. The van der Waals surface area contributed by atoms with Crippen molar-refractivity contribution in [2.45, 2.75) is 19.8 Å². The second-order valence-electron chi connectivity index (χ2n) is 1.98. The molecule has 0 radical (unpaired) electrons. The summed E-state index contributed by atoms with van der Waals surface area (Å²) in [4.78, 5) is 12.0. The van der Waals surface area contributed by atoms with E-state index in [0.717, 1.165) is 6.42 Å². The molecule has 0 fully saturated rings. The highest BCUT2D eigenvalue weighted by molar-refractivity contribution is 5.75. The van der Waals surface area contributed by atoms with E-state index in [2.05, 4.69) is 0 Å². The summed E-state index contributed by atoms with van der Waals surface area (Å²) in [7, 11) is 1.58. The van der Waals surface area contributed by atoms with E-state index in [1.54, 1.807) is 7.05 Å². The molecule has 1 N–H and O–H groups in total. The molecule has 3 heteroatoms. The molecule has 0 aromatic heterocycles. The number of carbonyl (C=O) groups is 1. The fraction of sp³-hybridized carbons (Fsp3) is 0.833. The number of hydrogen-bond donors (Lipinski definition) is 1. The lowest BCUT2D eigenvalue weighted by atomic mass is 10.3. The normalized spacial score (nSPS) is 9.22. The van der Waals surface area contributed by atoms with E-state index in [0.29, 0.717) is 6.42 Å². The summed E-state index contributed by atoms with van der Waals surface area (Å²) in [5.41, 5.74) is 0. The SMILES string of the molecule is CCCC(=O)N(C)CO. The summed E-state index contributed by atoms with van der Waals surface area (Å²) in [5, 5.41) is 8.44. The Labute approximate surface area is 55.3 Å². The average molecular weight is 131 g/mol. The lowest BCUT2D eigenvalue weighted by molar-refractivity contribution is -0.133. The van der Waals surface area contributed by atoms with Crippen molar-refractivity contribution in [3.05, 3.63) is 0 Å². The standard InChI is InChI=1S/C6H13NO2/c1-3-4-6(9)7(2)5-8/h8H,3-5H2,1-2H3. The number of amides is 1. The molecule has 3 nitrogen and oxygen atoms in total. The van der Waals surface area contributed by atoms with Gasteiger partial charge in [0.1, 0.15) is 6.73 Å². The summed E-state index contributed by atoms with van der Waals surface area (Å²) < 4.78 is 0. The second kappa shape index (κ2) is 4.32. The van der Waals surface area contributed by atoms with Gasteiger partial charge in [-0.3, -0.25) is 4.79 Å². The molecule has 9 heavy (non-hydrogen) atoms. The molecule has 1 amide bonds. The van der Waals surface area contributed by atoms with Crippen molar-refractivity contribution in [3.8, 4) is 0 Å². The van der Waals surface area contributed by atoms with Crippen LogP contribution >= 0.6 is 0 Å². The molecule has 0 unspecified atom stereocenters. The maximum atomic E-state index is 10.7. The van der Waals surface area contributed by atoms with E-state index >= 15 is 0 Å². The first-order chi connectivity index (χ1) is 4.22. The molecule has 0 spiro atoms. The van der Waals surface area contributed by atoms with Crippen LogP contribution in [0.15, 0.2) is 0 Å². The first-order valence-corrected chi connectivity index (χ1v) is 3.07. The zero-order valence-electron chi connectivity index (χ0n) is 5.92. The Balaban J connectivity index is 3.46. The van der Waals surface area contributed by atoms with Crippen LogP contribution < -0.4 is 0 Å². The van der Waals surface area contributed by atoms with Crippen LogP contribution in [0.1, 0.15) is 19.8 Å². The Kier molecular flexibility index (Phi) is 4.05. The minimum Gasteiger partial charge on any atom is -0.376 e. The van der Waals surface area contributed by atoms with Gasteiger partial charge in [-0.25, -0.2) is 0 Å². The number of aliphatic hydroxyl groups is 1. The third-order valence-electron chi connectivity index (χ3n) is 1.10. The Bertz CT molecular complexity index is 93.1. The molecule has 0 heterocycles. The monoisotopic (exact) mass is 131 g/mol. The molecule has 0 rings (SSSR count). The average Bonchev–Trinajstić information content (AvgIpc) is 1.87. The van der Waals surface area contributed by atoms with Gasteiger partial charge in [0, 0.05) is 13.5 Å². The minimum atomic E-state index is -0.182. The van der Waals surface area contributed by atoms with Gasteiger partial charge in [-0.1, -0.05) is 6.92 Å². The van der Waals surface area contributed by atoms with Crippen molar-refractivity contribution in [1.82, 2.24) is 4.90 Å². The highest BCUT2D eigenvalue weighted by Gasteiger charge is 2.03. The van der Waals surface area contributed by atoms with Crippen LogP contribution in [0.4, 0.5) is 0 Å². The lowest BCUT2D eigenvalue weighted by Crippen LogP contribution is -2.26. The summed E-state index contributed by atoms with van der Waals surface area (Å²) in [5.74, 6) is 0.000000000000000444. The molecule has 0 saturated heterocycles. The molecule has 0 bridgehead atoms. The molecule has 54 valence electrons. The molecular formula is C6H13NO2. The maximum Gasteiger partial charge on any atom is 0.224 e. The first-order valence-electron chi connectivity index (χ1n) is 3.07. The fourth-order valence-electron chi connectivity index (χ4n) is 0.484. The smallest absolute Gasteiger partial charge is 0.224 e. The highest BCUT2D eigenvalue weighted by atomic mass is 16.3. The largest absolute Gasteiger partial charge is 0.376 e. The Hall–Kier alpha value is -0.570. The first kappa shape index (κ1) is 8.43. The van der Waals surface area contributed by atoms with Gasteiger partial charge in [-0.2, -0.15) is 0 Å². The van der Waals surface area contributed by atoms with E-state index in [1.807, 2.05) is 6.92 Å². The summed E-state index contributed by atoms with van der Waals surface area (Å²) in [6.45, 7) is 1.75. The fourth-order valence-corrected chi connectivity index (χ4v) is 0.484. The molecule has 0 atom stereocenters. The predicted molar refractivity (Wildman–Crippen MR) is 34.8 cm³/mol. The van der Waals surface area contributed by atoms with Crippen molar-refractivity contribution in [1.29, 1.82) is 0 Å². The van der Waals surface area contributed by atoms with Crippen molar-refractivity contribution in [2.24, 2.45) is 0 Å². The van der Waals surface area contributed by atoms with E-state index in [1.165, 1.54) is 4.90 Å². The maximum absolute atomic E-state index is 10.7. The van der Waals surface area contributed by atoms with Crippen LogP contribution in [0.3, 0.4) is 0 Å². The van der Waals surface area contributed by atoms with Crippen molar-refractivity contribution < 1.29 is 9.90 Å². The Morgan fingerprint density at radius 2 is 2.22 bits per heavy atom. The molecule has 0 aliphatic heterocycles. The Morgan fingerprint density at radius 1 is 1.67 bits per heavy atom. The van der Waals surface area contributed by atoms with Crippen LogP contribution in [0.25, 0.3) is 0 Å². The topological polar surface area (TPSA) is 40.5 Å². The van der Waals surface area contributed by atoms with Crippen molar-refractivity contribution in [2.75, 3.05) is 13.8 Å². The quantitative estimate of drug-likeness (QED) is 0.556. The number of hydrogen-bond acceptors (Lipinski definition) is 2. The molecule has 0 saturated carbocycles.